The quantitative estimate of drug-likeness (QED) is 0.816. The second-order valence-electron chi connectivity index (χ2n) is 7.21. The second kappa shape index (κ2) is 6.72. The minimum atomic E-state index is -0.313. The first-order valence-electron chi connectivity index (χ1n) is 9.02. The Morgan fingerprint density at radius 3 is 2.80 bits per heavy atom. The smallest absolute Gasteiger partial charge is 0.253 e. The maximum Gasteiger partial charge on any atom is 0.253 e. The van der Waals surface area contributed by atoms with E-state index in [1.807, 2.05) is 24.2 Å². The molecule has 2 aromatic rings. The molecular formula is C18H25N5O2. The van der Waals surface area contributed by atoms with Crippen LogP contribution in [0, 0.1) is 6.92 Å². The van der Waals surface area contributed by atoms with E-state index in [-0.39, 0.29) is 12.0 Å². The van der Waals surface area contributed by atoms with Crippen molar-refractivity contribution in [3.8, 4) is 0 Å². The summed E-state index contributed by atoms with van der Waals surface area (Å²) in [6, 6.07) is 4.13. The normalized spacial score (nSPS) is 23.3. The van der Waals surface area contributed by atoms with Crippen molar-refractivity contribution in [2.75, 3.05) is 39.8 Å². The van der Waals surface area contributed by atoms with E-state index in [9.17, 15) is 4.79 Å². The summed E-state index contributed by atoms with van der Waals surface area (Å²) in [6.45, 7) is 5.79. The number of hydrogen-bond acceptors (Lipinski definition) is 5. The summed E-state index contributed by atoms with van der Waals surface area (Å²) in [5.41, 5.74) is 2.08. The molecule has 1 atom stereocenters. The van der Waals surface area contributed by atoms with Crippen molar-refractivity contribution in [3.05, 3.63) is 29.7 Å². The lowest BCUT2D eigenvalue weighted by molar-refractivity contribution is -0.149. The van der Waals surface area contributed by atoms with Crippen molar-refractivity contribution in [1.82, 2.24) is 24.4 Å². The zero-order chi connectivity index (χ0) is 17.4. The first-order valence-corrected chi connectivity index (χ1v) is 9.02. The molecule has 4 rings (SSSR count). The maximum atomic E-state index is 12.7. The van der Waals surface area contributed by atoms with E-state index in [1.165, 1.54) is 5.56 Å². The predicted molar refractivity (Wildman–Crippen MR) is 93.5 cm³/mol. The number of pyridine rings is 1. The highest BCUT2D eigenvalue weighted by Crippen LogP contribution is 2.28. The van der Waals surface area contributed by atoms with Crippen LogP contribution in [-0.2, 0) is 9.53 Å². The number of fused-ring (bicyclic) bond motifs is 1. The number of aryl methyl sites for hydroxylation is 1. The third-order valence-electron chi connectivity index (χ3n) is 5.31. The lowest BCUT2D eigenvalue weighted by atomic mass is 9.95. The van der Waals surface area contributed by atoms with Gasteiger partial charge >= 0.3 is 0 Å². The van der Waals surface area contributed by atoms with Crippen molar-refractivity contribution in [3.63, 3.8) is 0 Å². The van der Waals surface area contributed by atoms with Gasteiger partial charge in [0.1, 0.15) is 11.9 Å². The number of likely N-dealkylation sites (tertiary alicyclic amines) is 1. The number of aromatic nitrogens is 3. The molecule has 0 aliphatic carbocycles. The Hall–Kier alpha value is -1.99. The van der Waals surface area contributed by atoms with Gasteiger partial charge in [-0.15, -0.1) is 10.2 Å². The summed E-state index contributed by atoms with van der Waals surface area (Å²) in [6.07, 6.45) is 3.57. The van der Waals surface area contributed by atoms with Crippen LogP contribution in [0.2, 0.25) is 0 Å². The van der Waals surface area contributed by atoms with Gasteiger partial charge < -0.3 is 14.5 Å². The number of nitrogens with zero attached hydrogens (tertiary/aromatic N) is 5. The maximum absolute atomic E-state index is 12.7. The molecule has 0 spiro atoms. The Morgan fingerprint density at radius 2 is 2.04 bits per heavy atom. The molecule has 2 aliphatic heterocycles. The molecule has 7 nitrogen and oxygen atoms in total. The van der Waals surface area contributed by atoms with Gasteiger partial charge in [-0.25, -0.2) is 0 Å². The molecule has 0 radical (unpaired) electrons. The fourth-order valence-electron chi connectivity index (χ4n) is 3.78. The van der Waals surface area contributed by atoms with Gasteiger partial charge in [-0.2, -0.15) is 0 Å². The summed E-state index contributed by atoms with van der Waals surface area (Å²) in [5.74, 6) is 1.49. The number of carbonyl (C=O) groups is 1. The van der Waals surface area contributed by atoms with Gasteiger partial charge in [0.15, 0.2) is 5.65 Å². The third kappa shape index (κ3) is 3.26. The topological polar surface area (TPSA) is 63.0 Å². The largest absolute Gasteiger partial charge is 0.366 e. The number of piperidine rings is 1. The summed E-state index contributed by atoms with van der Waals surface area (Å²) in [4.78, 5) is 16.8. The van der Waals surface area contributed by atoms with E-state index in [4.69, 9.17) is 4.74 Å². The number of morpholine rings is 1. The lowest BCUT2D eigenvalue weighted by Crippen LogP contribution is -2.51. The van der Waals surface area contributed by atoms with Gasteiger partial charge in [0.05, 0.1) is 6.61 Å². The molecular weight excluding hydrogens is 318 g/mol. The van der Waals surface area contributed by atoms with Crippen molar-refractivity contribution in [2.45, 2.75) is 31.8 Å². The van der Waals surface area contributed by atoms with E-state index >= 15 is 0 Å². The Kier molecular flexibility index (Phi) is 4.43. The number of hydrogen-bond donors (Lipinski definition) is 0. The van der Waals surface area contributed by atoms with Crippen LogP contribution in [0.3, 0.4) is 0 Å². The van der Waals surface area contributed by atoms with Gasteiger partial charge in [0.2, 0.25) is 0 Å². The van der Waals surface area contributed by atoms with Gasteiger partial charge in [-0.3, -0.25) is 9.20 Å². The zero-order valence-electron chi connectivity index (χ0n) is 14.9. The zero-order valence-corrected chi connectivity index (χ0v) is 14.9. The van der Waals surface area contributed by atoms with Crippen molar-refractivity contribution in [2.24, 2.45) is 0 Å². The number of amides is 1. The molecule has 4 heterocycles. The molecule has 0 bridgehead atoms. The second-order valence-corrected chi connectivity index (χ2v) is 7.21. The number of ether oxygens (including phenoxy) is 1. The van der Waals surface area contributed by atoms with Crippen LogP contribution >= 0.6 is 0 Å². The standard InChI is InChI=1S/C18H25N5O2/c1-13-3-8-23-16(11-13)19-20-17(23)14-4-6-22(7-5-14)18(24)15-12-21(2)9-10-25-15/h3,8,11,14-15H,4-7,9-10,12H2,1-2H3. The lowest BCUT2D eigenvalue weighted by Gasteiger charge is -2.36. The van der Waals surface area contributed by atoms with Crippen LogP contribution in [-0.4, -0.2) is 76.2 Å². The van der Waals surface area contributed by atoms with E-state index in [0.717, 1.165) is 43.9 Å². The van der Waals surface area contributed by atoms with Crippen LogP contribution < -0.4 is 0 Å². The molecule has 0 aromatic carbocycles. The first-order chi connectivity index (χ1) is 12.1. The molecule has 0 N–H and O–H groups in total. The van der Waals surface area contributed by atoms with Crippen molar-refractivity contribution < 1.29 is 9.53 Å². The molecule has 7 heteroatoms. The van der Waals surface area contributed by atoms with Crippen LogP contribution in [0.25, 0.3) is 5.65 Å². The molecule has 2 saturated heterocycles. The first kappa shape index (κ1) is 16.5. The summed E-state index contributed by atoms with van der Waals surface area (Å²) >= 11 is 0. The molecule has 0 saturated carbocycles. The molecule has 1 amide bonds. The Morgan fingerprint density at radius 1 is 1.24 bits per heavy atom. The van der Waals surface area contributed by atoms with Gasteiger partial charge in [-0.1, -0.05) is 0 Å². The predicted octanol–water partition coefficient (Wildman–Crippen LogP) is 1.07. The van der Waals surface area contributed by atoms with E-state index in [0.29, 0.717) is 19.1 Å². The van der Waals surface area contributed by atoms with Gasteiger partial charge in [-0.05, 0) is 44.5 Å². The van der Waals surface area contributed by atoms with Crippen LogP contribution in [0.5, 0.6) is 0 Å². The van der Waals surface area contributed by atoms with Crippen molar-refractivity contribution in [1.29, 1.82) is 0 Å². The Labute approximate surface area is 147 Å². The number of likely N-dealkylation sites (N-methyl/N-ethyl adjacent to an activating group) is 1. The SMILES string of the molecule is Cc1ccn2c(C3CCN(C(=O)C4CN(C)CCO4)CC3)nnc2c1. The summed E-state index contributed by atoms with van der Waals surface area (Å²) < 4.78 is 7.75. The average molecular weight is 343 g/mol. The minimum absolute atomic E-state index is 0.131. The van der Waals surface area contributed by atoms with Gasteiger partial charge in [0, 0.05) is 38.3 Å². The fraction of sp³-hybridized carbons (Fsp3) is 0.611. The number of rotatable bonds is 2. The fourth-order valence-corrected chi connectivity index (χ4v) is 3.78. The molecule has 1 unspecified atom stereocenters. The highest BCUT2D eigenvalue weighted by Gasteiger charge is 2.32. The highest BCUT2D eigenvalue weighted by molar-refractivity contribution is 5.81. The average Bonchev–Trinajstić information content (AvgIpc) is 3.04. The van der Waals surface area contributed by atoms with Crippen LogP contribution in [0.1, 0.15) is 30.1 Å². The molecule has 25 heavy (non-hydrogen) atoms. The summed E-state index contributed by atoms with van der Waals surface area (Å²) in [5, 5.41) is 8.71. The Balaban J connectivity index is 1.41. The Bertz CT molecular complexity index is 766. The molecule has 134 valence electrons. The van der Waals surface area contributed by atoms with E-state index < -0.39 is 0 Å². The van der Waals surface area contributed by atoms with Crippen LogP contribution in [0.15, 0.2) is 18.3 Å². The highest BCUT2D eigenvalue weighted by atomic mass is 16.5. The van der Waals surface area contributed by atoms with Crippen LogP contribution in [0.4, 0.5) is 0 Å². The molecule has 2 aromatic heterocycles. The minimum Gasteiger partial charge on any atom is -0.366 e. The van der Waals surface area contributed by atoms with E-state index in [2.05, 4.69) is 32.5 Å². The third-order valence-corrected chi connectivity index (χ3v) is 5.31. The van der Waals surface area contributed by atoms with E-state index in [1.54, 1.807) is 0 Å². The van der Waals surface area contributed by atoms with Crippen molar-refractivity contribution >= 4 is 11.6 Å². The summed E-state index contributed by atoms with van der Waals surface area (Å²) in [7, 11) is 2.03. The molecule has 2 fully saturated rings. The monoisotopic (exact) mass is 343 g/mol. The molecule has 2 aliphatic rings. The van der Waals surface area contributed by atoms with Gasteiger partial charge in [0.25, 0.3) is 5.91 Å². The number of carbonyl (C=O) groups excluding carboxylic acids is 1.